The molecule has 10 heteroatoms. The highest BCUT2D eigenvalue weighted by Gasteiger charge is 2.15. The van der Waals surface area contributed by atoms with Gasteiger partial charge in [-0.2, -0.15) is 0 Å². The Labute approximate surface area is 163 Å². The van der Waals surface area contributed by atoms with Gasteiger partial charge in [-0.1, -0.05) is 28.5 Å². The molecular weight excluding hydrogens is 392 g/mol. The first-order chi connectivity index (χ1) is 12.8. The number of nitrogens with one attached hydrogen (secondary N) is 1. The van der Waals surface area contributed by atoms with Crippen molar-refractivity contribution >= 4 is 46.0 Å². The molecule has 2 heterocycles. The maximum Gasteiger partial charge on any atom is 0.262 e. The molecule has 142 valence electrons. The summed E-state index contributed by atoms with van der Waals surface area (Å²) in [7, 11) is 0. The van der Waals surface area contributed by atoms with Crippen LogP contribution in [0, 0.1) is 6.92 Å². The molecule has 0 aliphatic carbocycles. The molecule has 2 N–H and O–H groups in total. The minimum absolute atomic E-state index is 0.00420. The first kappa shape index (κ1) is 19.4. The number of carbonyl (C=O) groups excluding carboxylic acids is 1. The minimum atomic E-state index is -0.750. The summed E-state index contributed by atoms with van der Waals surface area (Å²) in [6, 6.07) is 6.40. The standard InChI is InChI=1S/C17H17ClN4O4S/c1-9(23)7-22-16(25)12-4-3-11(18)6-13(12)19-17(22)27-8-15(24)20-14-5-10(2)26-21-14/h3-6,9,23H,7-8H2,1-2H3,(H,20,21,24)/t9-/m0/s1. The number of aryl methyl sites for hydroxylation is 1. The fourth-order valence-corrected chi connectivity index (χ4v) is 3.42. The molecule has 3 aromatic rings. The quantitative estimate of drug-likeness (QED) is 0.476. The van der Waals surface area contributed by atoms with Gasteiger partial charge < -0.3 is 14.9 Å². The van der Waals surface area contributed by atoms with E-state index in [-0.39, 0.29) is 23.8 Å². The molecule has 1 atom stereocenters. The Morgan fingerprint density at radius 3 is 2.89 bits per heavy atom. The van der Waals surface area contributed by atoms with E-state index in [9.17, 15) is 14.7 Å². The van der Waals surface area contributed by atoms with Crippen LogP contribution < -0.4 is 10.9 Å². The van der Waals surface area contributed by atoms with E-state index in [4.69, 9.17) is 16.1 Å². The molecule has 1 aromatic carbocycles. The molecule has 0 aliphatic rings. The summed E-state index contributed by atoms with van der Waals surface area (Å²) >= 11 is 7.08. The number of thioether (sulfide) groups is 1. The Hall–Kier alpha value is -2.36. The lowest BCUT2D eigenvalue weighted by Crippen LogP contribution is -2.28. The SMILES string of the molecule is Cc1cc(NC(=O)CSc2nc3cc(Cl)ccc3c(=O)n2C[C@H](C)O)no1. The van der Waals surface area contributed by atoms with Gasteiger partial charge in [0.15, 0.2) is 11.0 Å². The summed E-state index contributed by atoms with van der Waals surface area (Å²) in [4.78, 5) is 29.3. The van der Waals surface area contributed by atoms with Gasteiger partial charge in [0.05, 0.1) is 29.3 Å². The van der Waals surface area contributed by atoms with E-state index in [1.807, 2.05) is 0 Å². The Kier molecular flexibility index (Phi) is 5.83. The van der Waals surface area contributed by atoms with Gasteiger partial charge in [0.2, 0.25) is 5.91 Å². The fraction of sp³-hybridized carbons (Fsp3) is 0.294. The van der Waals surface area contributed by atoms with E-state index in [2.05, 4.69) is 15.5 Å². The van der Waals surface area contributed by atoms with Gasteiger partial charge >= 0.3 is 0 Å². The van der Waals surface area contributed by atoms with E-state index in [1.165, 1.54) is 4.57 Å². The molecule has 27 heavy (non-hydrogen) atoms. The third-order valence-corrected chi connectivity index (χ3v) is 4.77. The smallest absolute Gasteiger partial charge is 0.262 e. The van der Waals surface area contributed by atoms with Crippen LogP contribution in [0.1, 0.15) is 12.7 Å². The zero-order chi connectivity index (χ0) is 19.6. The summed E-state index contributed by atoms with van der Waals surface area (Å²) in [6.45, 7) is 3.36. The Morgan fingerprint density at radius 1 is 1.44 bits per heavy atom. The van der Waals surface area contributed by atoms with Crippen LogP contribution in [0.25, 0.3) is 10.9 Å². The second-order valence-corrected chi connectivity index (χ2v) is 7.36. The number of hydrogen-bond donors (Lipinski definition) is 2. The van der Waals surface area contributed by atoms with Crippen molar-refractivity contribution in [3.8, 4) is 0 Å². The number of hydrogen-bond acceptors (Lipinski definition) is 7. The van der Waals surface area contributed by atoms with Crippen LogP contribution >= 0.6 is 23.4 Å². The van der Waals surface area contributed by atoms with Gasteiger partial charge in [-0.25, -0.2) is 4.98 Å². The summed E-state index contributed by atoms with van der Waals surface area (Å²) in [5.41, 5.74) is 0.136. The molecule has 8 nitrogen and oxygen atoms in total. The zero-order valence-electron chi connectivity index (χ0n) is 14.6. The first-order valence-electron chi connectivity index (χ1n) is 8.07. The van der Waals surface area contributed by atoms with Gasteiger partial charge in [-0.15, -0.1) is 0 Å². The summed E-state index contributed by atoms with van der Waals surface area (Å²) in [5.74, 6) is 0.580. The van der Waals surface area contributed by atoms with Crippen molar-refractivity contribution in [3.05, 3.63) is 45.4 Å². The molecule has 2 aromatic heterocycles. The molecule has 1 amide bonds. The van der Waals surface area contributed by atoms with Crippen molar-refractivity contribution in [2.45, 2.75) is 31.7 Å². The molecule has 0 radical (unpaired) electrons. The number of aliphatic hydroxyl groups is 1. The van der Waals surface area contributed by atoms with Crippen LogP contribution in [0.5, 0.6) is 0 Å². The van der Waals surface area contributed by atoms with Crippen molar-refractivity contribution in [3.63, 3.8) is 0 Å². The van der Waals surface area contributed by atoms with Gasteiger partial charge in [-0.05, 0) is 32.0 Å². The lowest BCUT2D eigenvalue weighted by molar-refractivity contribution is -0.113. The molecular formula is C17H17ClN4O4S. The number of amides is 1. The maximum absolute atomic E-state index is 12.8. The van der Waals surface area contributed by atoms with Gasteiger partial charge in [0.25, 0.3) is 5.56 Å². The third kappa shape index (κ3) is 4.68. The Balaban J connectivity index is 1.87. The lowest BCUT2D eigenvalue weighted by atomic mass is 10.2. The maximum atomic E-state index is 12.8. The lowest BCUT2D eigenvalue weighted by Gasteiger charge is -2.14. The fourth-order valence-electron chi connectivity index (χ4n) is 2.44. The van der Waals surface area contributed by atoms with Gasteiger partial charge in [-0.3, -0.25) is 14.2 Å². The van der Waals surface area contributed by atoms with Crippen LogP contribution in [-0.4, -0.2) is 37.6 Å². The number of rotatable bonds is 6. The zero-order valence-corrected chi connectivity index (χ0v) is 16.2. The molecule has 0 aliphatic heterocycles. The normalized spacial score (nSPS) is 12.3. The van der Waals surface area contributed by atoms with Crippen molar-refractivity contribution in [2.24, 2.45) is 0 Å². The number of carbonyl (C=O) groups is 1. The van der Waals surface area contributed by atoms with Crippen molar-refractivity contribution in [2.75, 3.05) is 11.1 Å². The average Bonchev–Trinajstić information content (AvgIpc) is 3.00. The second-order valence-electron chi connectivity index (χ2n) is 5.98. The predicted octanol–water partition coefficient (Wildman–Crippen LogP) is 2.46. The van der Waals surface area contributed by atoms with Crippen LogP contribution in [0.4, 0.5) is 5.82 Å². The van der Waals surface area contributed by atoms with E-state index >= 15 is 0 Å². The van der Waals surface area contributed by atoms with E-state index in [1.54, 1.807) is 38.1 Å². The Bertz CT molecular complexity index is 1050. The number of benzene rings is 1. The molecule has 3 rings (SSSR count). The average molecular weight is 409 g/mol. The van der Waals surface area contributed by atoms with E-state index in [0.717, 1.165) is 11.8 Å². The van der Waals surface area contributed by atoms with Crippen LogP contribution in [0.3, 0.4) is 0 Å². The molecule has 0 saturated heterocycles. The van der Waals surface area contributed by atoms with Gasteiger partial charge in [0.1, 0.15) is 5.76 Å². The van der Waals surface area contributed by atoms with Crippen molar-refractivity contribution < 1.29 is 14.4 Å². The summed E-state index contributed by atoms with van der Waals surface area (Å²) in [6.07, 6.45) is -0.750. The molecule has 0 spiro atoms. The number of aliphatic hydroxyl groups excluding tert-OH is 1. The van der Waals surface area contributed by atoms with Crippen LogP contribution in [0.2, 0.25) is 5.02 Å². The first-order valence-corrected chi connectivity index (χ1v) is 9.44. The third-order valence-electron chi connectivity index (χ3n) is 3.56. The molecule has 0 bridgehead atoms. The number of halogens is 1. The largest absolute Gasteiger partial charge is 0.392 e. The van der Waals surface area contributed by atoms with Crippen LogP contribution in [-0.2, 0) is 11.3 Å². The van der Waals surface area contributed by atoms with Crippen molar-refractivity contribution in [1.29, 1.82) is 0 Å². The van der Waals surface area contributed by atoms with E-state index < -0.39 is 6.10 Å². The number of fused-ring (bicyclic) bond motifs is 1. The number of anilines is 1. The predicted molar refractivity (Wildman–Crippen MR) is 103 cm³/mol. The molecule has 0 unspecified atom stereocenters. The van der Waals surface area contributed by atoms with Crippen molar-refractivity contribution in [1.82, 2.24) is 14.7 Å². The van der Waals surface area contributed by atoms with Gasteiger partial charge in [0, 0.05) is 11.1 Å². The van der Waals surface area contributed by atoms with Crippen LogP contribution in [0.15, 0.2) is 38.7 Å². The number of nitrogens with zero attached hydrogens (tertiary/aromatic N) is 3. The summed E-state index contributed by atoms with van der Waals surface area (Å²) < 4.78 is 6.26. The monoisotopic (exact) mass is 408 g/mol. The highest BCUT2D eigenvalue weighted by Crippen LogP contribution is 2.21. The summed E-state index contributed by atoms with van der Waals surface area (Å²) in [5, 5.41) is 17.2. The number of aromatic nitrogens is 3. The molecule has 0 saturated carbocycles. The molecule has 0 fully saturated rings. The van der Waals surface area contributed by atoms with E-state index in [0.29, 0.717) is 32.7 Å². The highest BCUT2D eigenvalue weighted by molar-refractivity contribution is 7.99. The highest BCUT2D eigenvalue weighted by atomic mass is 35.5. The Morgan fingerprint density at radius 2 is 2.22 bits per heavy atom. The minimum Gasteiger partial charge on any atom is -0.392 e. The topological polar surface area (TPSA) is 110 Å². The second kappa shape index (κ2) is 8.12.